The standard InChI is InChI=1S/C11H11BrClFO2/c1-2-16-11(15)10(13)5-7-3-4-8(14)6-9(7)12/h3-4,6,10H,2,5H2,1H3. The van der Waals surface area contributed by atoms with Crippen molar-refractivity contribution in [2.24, 2.45) is 0 Å². The smallest absolute Gasteiger partial charge is 0.324 e. The quantitative estimate of drug-likeness (QED) is 0.630. The summed E-state index contributed by atoms with van der Waals surface area (Å²) in [4.78, 5) is 11.3. The fourth-order valence-electron chi connectivity index (χ4n) is 1.20. The fourth-order valence-corrected chi connectivity index (χ4v) is 1.94. The van der Waals surface area contributed by atoms with Crippen molar-refractivity contribution in [2.45, 2.75) is 18.7 Å². The van der Waals surface area contributed by atoms with Gasteiger partial charge in [0.1, 0.15) is 11.2 Å². The SMILES string of the molecule is CCOC(=O)C(Cl)Cc1ccc(F)cc1Br. The lowest BCUT2D eigenvalue weighted by atomic mass is 10.1. The summed E-state index contributed by atoms with van der Waals surface area (Å²) in [6, 6.07) is 4.26. The Morgan fingerprint density at radius 2 is 2.31 bits per heavy atom. The zero-order valence-corrected chi connectivity index (χ0v) is 11.0. The molecule has 0 saturated carbocycles. The maximum absolute atomic E-state index is 12.8. The van der Waals surface area contributed by atoms with E-state index in [0.717, 1.165) is 5.56 Å². The summed E-state index contributed by atoms with van der Waals surface area (Å²) in [5.74, 6) is -0.793. The van der Waals surface area contributed by atoms with Gasteiger partial charge in [0.15, 0.2) is 0 Å². The zero-order chi connectivity index (χ0) is 12.1. The van der Waals surface area contributed by atoms with Crippen molar-refractivity contribution in [1.82, 2.24) is 0 Å². The van der Waals surface area contributed by atoms with Crippen LogP contribution in [0.1, 0.15) is 12.5 Å². The van der Waals surface area contributed by atoms with E-state index in [1.165, 1.54) is 12.1 Å². The summed E-state index contributed by atoms with van der Waals surface area (Å²) in [5, 5.41) is -0.748. The Labute approximate surface area is 107 Å². The average molecular weight is 310 g/mol. The van der Waals surface area contributed by atoms with E-state index in [4.69, 9.17) is 16.3 Å². The Morgan fingerprint density at radius 3 is 2.88 bits per heavy atom. The van der Waals surface area contributed by atoms with E-state index in [1.54, 1.807) is 13.0 Å². The summed E-state index contributed by atoms with van der Waals surface area (Å²) in [5.41, 5.74) is 0.773. The number of halogens is 3. The number of hydrogen-bond acceptors (Lipinski definition) is 2. The molecule has 0 spiro atoms. The molecule has 2 nitrogen and oxygen atoms in total. The van der Waals surface area contributed by atoms with Crippen LogP contribution in [0.15, 0.2) is 22.7 Å². The molecule has 0 N–H and O–H groups in total. The molecule has 1 rings (SSSR count). The highest BCUT2D eigenvalue weighted by molar-refractivity contribution is 9.10. The second kappa shape index (κ2) is 6.21. The van der Waals surface area contributed by atoms with Gasteiger partial charge >= 0.3 is 5.97 Å². The van der Waals surface area contributed by atoms with Crippen LogP contribution in [-0.4, -0.2) is 18.0 Å². The molecule has 0 aliphatic heterocycles. The summed E-state index contributed by atoms with van der Waals surface area (Å²) >= 11 is 9.08. The van der Waals surface area contributed by atoms with Crippen molar-refractivity contribution in [3.05, 3.63) is 34.1 Å². The van der Waals surface area contributed by atoms with Crippen LogP contribution in [0.25, 0.3) is 0 Å². The van der Waals surface area contributed by atoms with E-state index >= 15 is 0 Å². The summed E-state index contributed by atoms with van der Waals surface area (Å²) in [6.45, 7) is 2.02. The average Bonchev–Trinajstić information content (AvgIpc) is 2.22. The van der Waals surface area contributed by atoms with Gasteiger partial charge in [-0.1, -0.05) is 22.0 Å². The lowest BCUT2D eigenvalue weighted by Gasteiger charge is -2.09. The maximum Gasteiger partial charge on any atom is 0.324 e. The van der Waals surface area contributed by atoms with Gasteiger partial charge in [-0.2, -0.15) is 0 Å². The molecule has 0 heterocycles. The Balaban J connectivity index is 2.69. The van der Waals surface area contributed by atoms with Gasteiger partial charge in [-0.15, -0.1) is 11.6 Å². The van der Waals surface area contributed by atoms with Gasteiger partial charge in [0.05, 0.1) is 6.61 Å². The first kappa shape index (κ1) is 13.5. The van der Waals surface area contributed by atoms with Crippen molar-refractivity contribution >= 4 is 33.5 Å². The zero-order valence-electron chi connectivity index (χ0n) is 8.67. The molecule has 0 amide bonds. The minimum Gasteiger partial charge on any atom is -0.465 e. The number of carbonyl (C=O) groups excluding carboxylic acids is 1. The maximum atomic E-state index is 12.8. The Morgan fingerprint density at radius 1 is 1.62 bits per heavy atom. The molecule has 0 fully saturated rings. The van der Waals surface area contributed by atoms with Gasteiger partial charge in [0.2, 0.25) is 0 Å². The molecule has 1 aromatic rings. The minimum atomic E-state index is -0.748. The van der Waals surface area contributed by atoms with Gasteiger partial charge in [0.25, 0.3) is 0 Å². The molecular weight excluding hydrogens is 298 g/mol. The van der Waals surface area contributed by atoms with Gasteiger partial charge in [-0.05, 0) is 24.6 Å². The molecule has 88 valence electrons. The van der Waals surface area contributed by atoms with Crippen molar-refractivity contribution in [3.63, 3.8) is 0 Å². The van der Waals surface area contributed by atoms with Crippen LogP contribution < -0.4 is 0 Å². The van der Waals surface area contributed by atoms with Gasteiger partial charge in [-0.3, -0.25) is 4.79 Å². The minimum absolute atomic E-state index is 0.298. The Hall–Kier alpha value is -0.610. The second-order valence-corrected chi connectivity index (χ2v) is 4.54. The number of alkyl halides is 1. The van der Waals surface area contributed by atoms with E-state index in [-0.39, 0.29) is 5.82 Å². The van der Waals surface area contributed by atoms with Crippen molar-refractivity contribution in [1.29, 1.82) is 0 Å². The molecular formula is C11H11BrClFO2. The summed E-state index contributed by atoms with van der Waals surface area (Å²) < 4.78 is 18.2. The molecule has 0 aromatic heterocycles. The molecule has 1 unspecified atom stereocenters. The third-order valence-electron chi connectivity index (χ3n) is 1.96. The molecule has 0 bridgehead atoms. The van der Waals surface area contributed by atoms with Crippen LogP contribution in [0.5, 0.6) is 0 Å². The van der Waals surface area contributed by atoms with E-state index in [2.05, 4.69) is 15.9 Å². The van der Waals surface area contributed by atoms with Crippen LogP contribution in [0.3, 0.4) is 0 Å². The Kier molecular flexibility index (Phi) is 5.22. The predicted molar refractivity (Wildman–Crippen MR) is 64.1 cm³/mol. The normalized spacial score (nSPS) is 12.2. The molecule has 0 radical (unpaired) electrons. The molecule has 0 saturated heterocycles. The first-order valence-electron chi connectivity index (χ1n) is 4.79. The highest BCUT2D eigenvalue weighted by atomic mass is 79.9. The van der Waals surface area contributed by atoms with E-state index in [9.17, 15) is 9.18 Å². The van der Waals surface area contributed by atoms with Crippen molar-refractivity contribution in [3.8, 4) is 0 Å². The van der Waals surface area contributed by atoms with E-state index in [0.29, 0.717) is 17.5 Å². The lowest BCUT2D eigenvalue weighted by molar-refractivity contribution is -0.142. The van der Waals surface area contributed by atoms with Crippen molar-refractivity contribution < 1.29 is 13.9 Å². The molecule has 1 atom stereocenters. The monoisotopic (exact) mass is 308 g/mol. The largest absolute Gasteiger partial charge is 0.465 e. The van der Waals surface area contributed by atoms with E-state index < -0.39 is 11.3 Å². The van der Waals surface area contributed by atoms with Crippen LogP contribution in [0.2, 0.25) is 0 Å². The molecule has 5 heteroatoms. The summed E-state index contributed by atoms with van der Waals surface area (Å²) in [6.07, 6.45) is 0.307. The van der Waals surface area contributed by atoms with E-state index in [1.807, 2.05) is 0 Å². The molecule has 0 aliphatic rings. The van der Waals surface area contributed by atoms with Crippen LogP contribution >= 0.6 is 27.5 Å². The number of carbonyl (C=O) groups is 1. The number of hydrogen-bond donors (Lipinski definition) is 0. The molecule has 0 aliphatic carbocycles. The predicted octanol–water partition coefficient (Wildman–Crippen LogP) is 3.30. The van der Waals surface area contributed by atoms with Crippen LogP contribution in [-0.2, 0) is 16.0 Å². The first-order valence-corrected chi connectivity index (χ1v) is 6.02. The second-order valence-electron chi connectivity index (χ2n) is 3.16. The number of ether oxygens (including phenoxy) is 1. The first-order chi connectivity index (χ1) is 7.54. The fraction of sp³-hybridized carbons (Fsp3) is 0.364. The van der Waals surface area contributed by atoms with Gasteiger partial charge in [0, 0.05) is 10.9 Å². The number of benzene rings is 1. The molecule has 16 heavy (non-hydrogen) atoms. The molecule has 1 aromatic carbocycles. The number of esters is 1. The number of rotatable bonds is 4. The lowest BCUT2D eigenvalue weighted by Crippen LogP contribution is -2.20. The summed E-state index contributed by atoms with van der Waals surface area (Å²) in [7, 11) is 0. The topological polar surface area (TPSA) is 26.3 Å². The van der Waals surface area contributed by atoms with Gasteiger partial charge in [-0.25, -0.2) is 4.39 Å². The van der Waals surface area contributed by atoms with Gasteiger partial charge < -0.3 is 4.74 Å². The van der Waals surface area contributed by atoms with Crippen LogP contribution in [0.4, 0.5) is 4.39 Å². The highest BCUT2D eigenvalue weighted by Crippen LogP contribution is 2.21. The van der Waals surface area contributed by atoms with Crippen molar-refractivity contribution in [2.75, 3.05) is 6.61 Å². The Bertz CT molecular complexity index is 384. The highest BCUT2D eigenvalue weighted by Gasteiger charge is 2.18. The van der Waals surface area contributed by atoms with Crippen LogP contribution in [0, 0.1) is 5.82 Å². The third-order valence-corrected chi connectivity index (χ3v) is 3.03. The third kappa shape index (κ3) is 3.76.